The predicted molar refractivity (Wildman–Crippen MR) is 55.6 cm³/mol. The number of hydrogen-bond acceptors (Lipinski definition) is 4. The lowest BCUT2D eigenvalue weighted by Gasteiger charge is -2.03. The van der Waals surface area contributed by atoms with Gasteiger partial charge in [-0.25, -0.2) is 4.99 Å². The number of nitrogens with zero attached hydrogens (tertiary/aromatic N) is 1. The maximum absolute atomic E-state index is 10.9. The molecular weight excluding hydrogens is 210 g/mol. The zero-order valence-electron chi connectivity index (χ0n) is 8.90. The maximum Gasteiger partial charge on any atom is 0.316 e. The van der Waals surface area contributed by atoms with Gasteiger partial charge in [-0.1, -0.05) is 0 Å². The van der Waals surface area contributed by atoms with Crippen molar-refractivity contribution in [3.63, 3.8) is 0 Å². The van der Waals surface area contributed by atoms with Crippen molar-refractivity contribution in [1.82, 2.24) is 10.6 Å². The first-order chi connectivity index (χ1) is 7.56. The molecule has 84 valence electrons. The minimum Gasteiger partial charge on any atom is -0.464 e. The van der Waals surface area contributed by atoms with Crippen molar-refractivity contribution in [3.8, 4) is 0 Å². The molecule has 1 saturated heterocycles. The summed E-state index contributed by atoms with van der Waals surface area (Å²) in [4.78, 5) is 25.9. The molecule has 0 aromatic carbocycles. The lowest BCUT2D eigenvalue weighted by atomic mass is 10.3. The number of guanidine groups is 1. The number of nitrogens with one attached hydrogen (secondary N) is 2. The van der Waals surface area contributed by atoms with E-state index in [0.717, 1.165) is 5.76 Å². The molecule has 0 aliphatic carbocycles. The summed E-state index contributed by atoms with van der Waals surface area (Å²) < 4.78 is 5.38. The first-order valence-corrected chi connectivity index (χ1v) is 4.83. The quantitative estimate of drug-likeness (QED) is 0.702. The van der Waals surface area contributed by atoms with Crippen LogP contribution >= 0.6 is 0 Å². The molecule has 0 bridgehead atoms. The van der Waals surface area contributed by atoms with Gasteiger partial charge < -0.3 is 4.42 Å². The molecule has 1 atom stereocenters. The number of aryl methyl sites for hydroxylation is 1. The standard InChI is InChI=1S/C10H11N3O3/c1-5-3-4-7(16-5)6(2)11-10-12-8(14)9(15)13-10/h3-4,6H,1-2H3,(H2,11,12,13,14,15). The molecule has 0 spiro atoms. The highest BCUT2D eigenvalue weighted by atomic mass is 16.3. The molecule has 1 aliphatic heterocycles. The van der Waals surface area contributed by atoms with Crippen LogP contribution in [-0.2, 0) is 9.59 Å². The summed E-state index contributed by atoms with van der Waals surface area (Å²) in [6.07, 6.45) is 0. The smallest absolute Gasteiger partial charge is 0.316 e. The van der Waals surface area contributed by atoms with Crippen LogP contribution in [0.15, 0.2) is 21.5 Å². The van der Waals surface area contributed by atoms with Crippen molar-refractivity contribution < 1.29 is 14.0 Å². The Labute approximate surface area is 91.7 Å². The van der Waals surface area contributed by atoms with Crippen LogP contribution in [0.2, 0.25) is 0 Å². The molecule has 0 saturated carbocycles. The van der Waals surface area contributed by atoms with Crippen molar-refractivity contribution in [2.75, 3.05) is 0 Å². The fraction of sp³-hybridized carbons (Fsp3) is 0.300. The highest BCUT2D eigenvalue weighted by molar-refractivity contribution is 6.45. The highest BCUT2D eigenvalue weighted by Gasteiger charge is 2.26. The van der Waals surface area contributed by atoms with Gasteiger partial charge in [0.15, 0.2) is 0 Å². The Morgan fingerprint density at radius 1 is 1.25 bits per heavy atom. The van der Waals surface area contributed by atoms with E-state index in [1.165, 1.54) is 0 Å². The van der Waals surface area contributed by atoms with Crippen molar-refractivity contribution in [2.45, 2.75) is 19.9 Å². The predicted octanol–water partition coefficient (Wildman–Crippen LogP) is 0.251. The lowest BCUT2D eigenvalue weighted by Crippen LogP contribution is -2.26. The first-order valence-electron chi connectivity index (χ1n) is 4.83. The van der Waals surface area contributed by atoms with Gasteiger partial charge in [0.25, 0.3) is 0 Å². The summed E-state index contributed by atoms with van der Waals surface area (Å²) in [5.74, 6) is 0.252. The largest absolute Gasteiger partial charge is 0.464 e. The van der Waals surface area contributed by atoms with Crippen LogP contribution in [0.5, 0.6) is 0 Å². The number of amides is 2. The van der Waals surface area contributed by atoms with Crippen molar-refractivity contribution >= 4 is 17.8 Å². The van der Waals surface area contributed by atoms with Crippen molar-refractivity contribution in [1.29, 1.82) is 0 Å². The summed E-state index contributed by atoms with van der Waals surface area (Å²) in [5, 5.41) is 4.64. The van der Waals surface area contributed by atoms with E-state index < -0.39 is 11.8 Å². The van der Waals surface area contributed by atoms with Gasteiger partial charge in [0.2, 0.25) is 5.96 Å². The molecule has 0 radical (unpaired) electrons. The van der Waals surface area contributed by atoms with Crippen LogP contribution in [0.1, 0.15) is 24.5 Å². The van der Waals surface area contributed by atoms with E-state index in [1.807, 2.05) is 26.0 Å². The van der Waals surface area contributed by atoms with Crippen molar-refractivity contribution in [2.24, 2.45) is 4.99 Å². The Bertz CT molecular complexity index is 457. The van der Waals surface area contributed by atoms with Gasteiger partial charge in [-0.2, -0.15) is 0 Å². The molecule has 2 N–H and O–H groups in total. The molecule has 6 nitrogen and oxygen atoms in total. The van der Waals surface area contributed by atoms with E-state index in [1.54, 1.807) is 0 Å². The molecule has 1 aromatic heterocycles. The molecule has 1 aromatic rings. The molecule has 1 fully saturated rings. The van der Waals surface area contributed by atoms with Gasteiger partial charge >= 0.3 is 11.8 Å². The Hall–Kier alpha value is -2.11. The molecule has 2 amide bonds. The fourth-order valence-electron chi connectivity index (χ4n) is 1.36. The monoisotopic (exact) mass is 221 g/mol. The van der Waals surface area contributed by atoms with Crippen LogP contribution < -0.4 is 10.6 Å². The van der Waals surface area contributed by atoms with Crippen molar-refractivity contribution in [3.05, 3.63) is 23.7 Å². The number of furan rings is 1. The van der Waals surface area contributed by atoms with Gasteiger partial charge in [0.05, 0.1) is 0 Å². The third kappa shape index (κ3) is 1.95. The minimum absolute atomic E-state index is 0.163. The summed E-state index contributed by atoms with van der Waals surface area (Å²) >= 11 is 0. The number of carbonyl (C=O) groups excluding carboxylic acids is 2. The van der Waals surface area contributed by atoms with E-state index >= 15 is 0 Å². The number of aliphatic imine (C=N–C) groups is 1. The van der Waals surface area contributed by atoms with E-state index in [0.29, 0.717) is 5.76 Å². The van der Waals surface area contributed by atoms with Gasteiger partial charge in [-0.3, -0.25) is 20.2 Å². The van der Waals surface area contributed by atoms with Gasteiger partial charge in [-0.15, -0.1) is 0 Å². The summed E-state index contributed by atoms with van der Waals surface area (Å²) in [7, 11) is 0. The molecule has 1 unspecified atom stereocenters. The first kappa shape index (κ1) is 10.4. The van der Waals surface area contributed by atoms with Gasteiger partial charge in [0.1, 0.15) is 17.6 Å². The normalized spacial score (nSPS) is 17.0. The molecule has 16 heavy (non-hydrogen) atoms. The topological polar surface area (TPSA) is 83.7 Å². The minimum atomic E-state index is -0.693. The van der Waals surface area contributed by atoms with E-state index in [9.17, 15) is 9.59 Å². The third-order valence-corrected chi connectivity index (χ3v) is 2.17. The lowest BCUT2D eigenvalue weighted by molar-refractivity contribution is -0.135. The molecule has 6 heteroatoms. The summed E-state index contributed by atoms with van der Waals surface area (Å²) in [5.41, 5.74) is 0. The second-order valence-electron chi connectivity index (χ2n) is 3.51. The number of rotatable bonds is 2. The second kappa shape index (κ2) is 3.80. The molecule has 1 aliphatic rings. The third-order valence-electron chi connectivity index (χ3n) is 2.17. The Morgan fingerprint density at radius 2 is 1.88 bits per heavy atom. The summed E-state index contributed by atoms with van der Waals surface area (Å²) in [6.45, 7) is 3.64. The van der Waals surface area contributed by atoms with E-state index in [4.69, 9.17) is 4.42 Å². The fourth-order valence-corrected chi connectivity index (χ4v) is 1.36. The summed E-state index contributed by atoms with van der Waals surface area (Å²) in [6, 6.07) is 3.38. The zero-order chi connectivity index (χ0) is 11.7. The van der Waals surface area contributed by atoms with E-state index in [2.05, 4.69) is 15.6 Å². The van der Waals surface area contributed by atoms with Crippen LogP contribution in [0.3, 0.4) is 0 Å². The zero-order valence-corrected chi connectivity index (χ0v) is 8.90. The van der Waals surface area contributed by atoms with Crippen LogP contribution in [0.25, 0.3) is 0 Å². The molecular formula is C10H11N3O3. The van der Waals surface area contributed by atoms with Gasteiger partial charge in [-0.05, 0) is 26.0 Å². The Kier molecular flexibility index (Phi) is 2.47. The van der Waals surface area contributed by atoms with Crippen LogP contribution in [0, 0.1) is 6.92 Å². The molecule has 2 rings (SSSR count). The Balaban J connectivity index is 2.13. The van der Waals surface area contributed by atoms with E-state index in [-0.39, 0.29) is 12.0 Å². The highest BCUT2D eigenvalue weighted by Crippen LogP contribution is 2.19. The van der Waals surface area contributed by atoms with Gasteiger partial charge in [0, 0.05) is 0 Å². The van der Waals surface area contributed by atoms with Crippen LogP contribution in [0.4, 0.5) is 0 Å². The molecule has 2 heterocycles. The maximum atomic E-state index is 10.9. The number of carbonyl (C=O) groups is 2. The average molecular weight is 221 g/mol. The Morgan fingerprint density at radius 3 is 2.38 bits per heavy atom. The SMILES string of the molecule is Cc1ccc(C(C)N=C2NC(=O)C(=O)N2)o1. The van der Waals surface area contributed by atoms with Crippen LogP contribution in [-0.4, -0.2) is 17.8 Å². The second-order valence-corrected chi connectivity index (χ2v) is 3.51. The number of hydrogen-bond donors (Lipinski definition) is 2. The average Bonchev–Trinajstić information content (AvgIpc) is 2.75.